The molecule has 26 heavy (non-hydrogen) atoms. The van der Waals surface area contributed by atoms with Gasteiger partial charge in [0.1, 0.15) is 0 Å². The van der Waals surface area contributed by atoms with Crippen LogP contribution in [0.1, 0.15) is 16.7 Å². The van der Waals surface area contributed by atoms with Gasteiger partial charge in [0.25, 0.3) is 5.56 Å². The maximum Gasteiger partial charge on any atom is 0.259 e. The van der Waals surface area contributed by atoms with E-state index < -0.39 is 0 Å². The minimum absolute atomic E-state index is 0.0608. The topological polar surface area (TPSA) is 22.0 Å². The summed E-state index contributed by atoms with van der Waals surface area (Å²) in [6.07, 6.45) is 0. The first kappa shape index (κ1) is 16.3. The average Bonchev–Trinajstić information content (AvgIpc) is 2.66. The van der Waals surface area contributed by atoms with Crippen molar-refractivity contribution >= 4 is 10.8 Å². The van der Waals surface area contributed by atoms with Crippen molar-refractivity contribution in [3.63, 3.8) is 0 Å². The normalized spacial score (nSPS) is 11.0. The summed E-state index contributed by atoms with van der Waals surface area (Å²) in [5.41, 5.74) is 5.52. The molecule has 0 N–H and O–H groups in total. The summed E-state index contributed by atoms with van der Waals surface area (Å²) >= 11 is 0. The van der Waals surface area contributed by atoms with Crippen LogP contribution >= 0.6 is 0 Å². The smallest absolute Gasteiger partial charge is 0.259 e. The fraction of sp³-hybridized carbons (Fsp3) is 0.125. The molecule has 4 rings (SSSR count). The predicted molar refractivity (Wildman–Crippen MR) is 109 cm³/mol. The number of pyridine rings is 1. The van der Waals surface area contributed by atoms with Gasteiger partial charge in [0, 0.05) is 5.39 Å². The van der Waals surface area contributed by atoms with Crippen molar-refractivity contribution in [1.29, 1.82) is 0 Å². The molecule has 0 amide bonds. The van der Waals surface area contributed by atoms with Gasteiger partial charge in [0.05, 0.1) is 12.2 Å². The second kappa shape index (κ2) is 6.64. The summed E-state index contributed by atoms with van der Waals surface area (Å²) in [6, 6.07) is 26.7. The Hall–Kier alpha value is -3.13. The number of hydrogen-bond donors (Lipinski definition) is 0. The minimum atomic E-state index is 0.0608. The molecule has 0 saturated heterocycles. The van der Waals surface area contributed by atoms with Gasteiger partial charge in [-0.05, 0) is 42.5 Å². The Morgan fingerprint density at radius 1 is 0.769 bits per heavy atom. The molecular formula is C24H21NO. The number of rotatable bonds is 3. The van der Waals surface area contributed by atoms with Gasteiger partial charge < -0.3 is 4.57 Å². The van der Waals surface area contributed by atoms with Crippen molar-refractivity contribution in [2.75, 3.05) is 0 Å². The highest BCUT2D eigenvalue weighted by Gasteiger charge is 2.12. The van der Waals surface area contributed by atoms with Crippen LogP contribution in [0.15, 0.2) is 83.7 Å². The van der Waals surface area contributed by atoms with Crippen LogP contribution in [0.5, 0.6) is 0 Å². The molecule has 3 aromatic carbocycles. The Bertz CT molecular complexity index is 1120. The third-order valence-electron chi connectivity index (χ3n) is 4.80. The molecule has 0 unspecified atom stereocenters. The fourth-order valence-corrected chi connectivity index (χ4v) is 3.34. The highest BCUT2D eigenvalue weighted by Crippen LogP contribution is 2.23. The fourth-order valence-electron chi connectivity index (χ4n) is 3.34. The van der Waals surface area contributed by atoms with Crippen LogP contribution in [0.4, 0.5) is 0 Å². The third-order valence-corrected chi connectivity index (χ3v) is 4.80. The molecule has 0 spiro atoms. The molecule has 1 heterocycles. The molecule has 0 aliphatic carbocycles. The van der Waals surface area contributed by atoms with E-state index in [1.807, 2.05) is 41.8 Å². The lowest BCUT2D eigenvalue weighted by Gasteiger charge is -2.15. The van der Waals surface area contributed by atoms with Gasteiger partial charge in [-0.25, -0.2) is 0 Å². The summed E-state index contributed by atoms with van der Waals surface area (Å²) in [6.45, 7) is 4.66. The van der Waals surface area contributed by atoms with E-state index in [0.29, 0.717) is 6.54 Å². The molecular weight excluding hydrogens is 318 g/mol. The van der Waals surface area contributed by atoms with Gasteiger partial charge in [0.15, 0.2) is 0 Å². The maximum absolute atomic E-state index is 13.3. The number of aryl methyl sites for hydroxylation is 2. The summed E-state index contributed by atoms with van der Waals surface area (Å²) in [5.74, 6) is 0. The molecule has 128 valence electrons. The van der Waals surface area contributed by atoms with E-state index in [9.17, 15) is 4.79 Å². The van der Waals surface area contributed by atoms with E-state index >= 15 is 0 Å². The number of hydrogen-bond acceptors (Lipinski definition) is 1. The third kappa shape index (κ3) is 3.06. The highest BCUT2D eigenvalue weighted by atomic mass is 16.1. The quantitative estimate of drug-likeness (QED) is 0.494. The van der Waals surface area contributed by atoms with Crippen molar-refractivity contribution in [1.82, 2.24) is 4.57 Å². The molecule has 0 fully saturated rings. The first-order valence-corrected chi connectivity index (χ1v) is 8.87. The van der Waals surface area contributed by atoms with Gasteiger partial charge in [-0.2, -0.15) is 0 Å². The van der Waals surface area contributed by atoms with Gasteiger partial charge in [-0.15, -0.1) is 0 Å². The standard InChI is InChI=1S/C24H21NO/c1-17-8-11-19(12-9-17)16-25-23(20-6-4-3-5-7-20)15-21-13-10-18(2)14-22(21)24(25)26/h3-15H,16H2,1-2H3. The lowest BCUT2D eigenvalue weighted by Crippen LogP contribution is -2.22. The zero-order chi connectivity index (χ0) is 18.1. The Labute approximate surface area is 153 Å². The SMILES string of the molecule is Cc1ccc(Cn2c(-c3ccccc3)cc3ccc(C)cc3c2=O)cc1. The van der Waals surface area contributed by atoms with Gasteiger partial charge >= 0.3 is 0 Å². The molecule has 4 aromatic rings. The lowest BCUT2D eigenvalue weighted by molar-refractivity contribution is 0.776. The molecule has 0 radical (unpaired) electrons. The second-order valence-corrected chi connectivity index (χ2v) is 6.86. The molecule has 1 aromatic heterocycles. The summed E-state index contributed by atoms with van der Waals surface area (Å²) in [5, 5.41) is 1.76. The van der Waals surface area contributed by atoms with Crippen LogP contribution in [0.25, 0.3) is 22.0 Å². The first-order valence-electron chi connectivity index (χ1n) is 8.87. The Kier molecular flexibility index (Phi) is 4.18. The molecule has 2 nitrogen and oxygen atoms in total. The summed E-state index contributed by atoms with van der Waals surface area (Å²) < 4.78 is 1.89. The lowest BCUT2D eigenvalue weighted by atomic mass is 10.0. The monoisotopic (exact) mass is 339 g/mol. The molecule has 0 saturated carbocycles. The predicted octanol–water partition coefficient (Wildman–Crippen LogP) is 5.33. The maximum atomic E-state index is 13.3. The Balaban J connectivity index is 1.96. The van der Waals surface area contributed by atoms with Crippen LogP contribution in [0.3, 0.4) is 0 Å². The van der Waals surface area contributed by atoms with E-state index in [2.05, 4.69) is 55.5 Å². The van der Waals surface area contributed by atoms with E-state index in [1.165, 1.54) is 5.56 Å². The second-order valence-electron chi connectivity index (χ2n) is 6.86. The highest BCUT2D eigenvalue weighted by molar-refractivity contribution is 5.86. The molecule has 0 aliphatic rings. The Morgan fingerprint density at radius 3 is 2.19 bits per heavy atom. The van der Waals surface area contributed by atoms with E-state index in [0.717, 1.165) is 33.2 Å². The minimum Gasteiger partial charge on any atom is -0.303 e. The van der Waals surface area contributed by atoms with Crippen molar-refractivity contribution in [3.05, 3.63) is 106 Å². The van der Waals surface area contributed by atoms with Crippen molar-refractivity contribution in [2.45, 2.75) is 20.4 Å². The Morgan fingerprint density at radius 2 is 1.46 bits per heavy atom. The van der Waals surface area contributed by atoms with Gasteiger partial charge in [-0.1, -0.05) is 77.9 Å². The number of aromatic nitrogens is 1. The number of benzene rings is 3. The van der Waals surface area contributed by atoms with Crippen LogP contribution in [0.2, 0.25) is 0 Å². The molecule has 0 bridgehead atoms. The zero-order valence-electron chi connectivity index (χ0n) is 15.1. The van der Waals surface area contributed by atoms with Crippen molar-refractivity contribution in [3.8, 4) is 11.3 Å². The van der Waals surface area contributed by atoms with E-state index in [-0.39, 0.29) is 5.56 Å². The van der Waals surface area contributed by atoms with Crippen molar-refractivity contribution < 1.29 is 0 Å². The van der Waals surface area contributed by atoms with Gasteiger partial charge in [-0.3, -0.25) is 4.79 Å². The molecule has 0 aliphatic heterocycles. The van der Waals surface area contributed by atoms with Crippen LogP contribution in [-0.2, 0) is 6.54 Å². The number of fused-ring (bicyclic) bond motifs is 1. The zero-order valence-corrected chi connectivity index (χ0v) is 15.1. The van der Waals surface area contributed by atoms with Crippen LogP contribution in [-0.4, -0.2) is 4.57 Å². The van der Waals surface area contributed by atoms with E-state index in [4.69, 9.17) is 0 Å². The van der Waals surface area contributed by atoms with Crippen LogP contribution in [0, 0.1) is 13.8 Å². The number of nitrogens with zero attached hydrogens (tertiary/aromatic N) is 1. The molecule has 2 heteroatoms. The largest absolute Gasteiger partial charge is 0.303 e. The van der Waals surface area contributed by atoms with Crippen LogP contribution < -0.4 is 5.56 Å². The average molecular weight is 339 g/mol. The molecule has 0 atom stereocenters. The van der Waals surface area contributed by atoms with E-state index in [1.54, 1.807) is 0 Å². The summed E-state index contributed by atoms with van der Waals surface area (Å²) in [7, 11) is 0. The van der Waals surface area contributed by atoms with Crippen molar-refractivity contribution in [2.24, 2.45) is 0 Å². The van der Waals surface area contributed by atoms with Gasteiger partial charge in [0.2, 0.25) is 0 Å². The summed E-state index contributed by atoms with van der Waals surface area (Å²) in [4.78, 5) is 13.3. The first-order chi connectivity index (χ1) is 12.6.